The van der Waals surface area contributed by atoms with Gasteiger partial charge >= 0.3 is 0 Å². The highest BCUT2D eigenvalue weighted by Gasteiger charge is 2.24. The quantitative estimate of drug-likeness (QED) is 0.349. The zero-order valence-electron chi connectivity index (χ0n) is 21.3. The van der Waals surface area contributed by atoms with Gasteiger partial charge in [-0.2, -0.15) is 4.21 Å². The fraction of sp³-hybridized carbons (Fsp3) is 0.296. The number of hydrogen-bond acceptors (Lipinski definition) is 4. The van der Waals surface area contributed by atoms with Crippen molar-refractivity contribution < 1.29 is 27.4 Å². The van der Waals surface area contributed by atoms with Crippen LogP contribution in [0, 0.1) is 5.82 Å². The van der Waals surface area contributed by atoms with E-state index < -0.39 is 21.3 Å². The maximum Gasteiger partial charge on any atom is 0.255 e. The molecule has 0 unspecified atom stereocenters. The molecule has 1 amide bonds. The lowest BCUT2D eigenvalue weighted by molar-refractivity contribution is 0.102. The Morgan fingerprint density at radius 2 is 1.67 bits per heavy atom. The topological polar surface area (TPSA) is 96.9 Å². The average Bonchev–Trinajstić information content (AvgIpc) is 2.76. The summed E-state index contributed by atoms with van der Waals surface area (Å²) < 4.78 is 51.1. The van der Waals surface area contributed by atoms with E-state index >= 15 is 0 Å². The number of amides is 1. The van der Waals surface area contributed by atoms with Crippen LogP contribution in [-0.4, -0.2) is 34.3 Å². The first-order valence-corrected chi connectivity index (χ1v) is 14.0. The summed E-state index contributed by atoms with van der Waals surface area (Å²) in [5.41, 5.74) is 2.04. The zero-order chi connectivity index (χ0) is 26.7. The van der Waals surface area contributed by atoms with Crippen molar-refractivity contribution in [1.29, 1.82) is 0 Å². The molecule has 9 heteroatoms. The Balaban J connectivity index is 1.95. The van der Waals surface area contributed by atoms with Gasteiger partial charge in [0.15, 0.2) is 17.3 Å². The monoisotopic (exact) mass is 516 g/mol. The summed E-state index contributed by atoms with van der Waals surface area (Å²) in [7, 11) is -2.77. The van der Waals surface area contributed by atoms with Crippen LogP contribution < -0.4 is 19.5 Å². The fourth-order valence-corrected chi connectivity index (χ4v) is 4.23. The van der Waals surface area contributed by atoms with Crippen molar-refractivity contribution >= 4 is 26.8 Å². The first-order valence-electron chi connectivity index (χ1n) is 11.3. The highest BCUT2D eigenvalue weighted by molar-refractivity contribution is 8.15. The molecule has 0 aliphatic heterocycles. The molecule has 3 rings (SSSR count). The maximum atomic E-state index is 14.4. The second-order valence-electron chi connectivity index (χ2n) is 10.1. The third-order valence-electron chi connectivity index (χ3n) is 5.24. The molecule has 0 fully saturated rings. The van der Waals surface area contributed by atoms with Crippen LogP contribution in [0.4, 0.5) is 15.8 Å². The average molecular weight is 517 g/mol. The minimum Gasteiger partial charge on any atom is -0.492 e. The second-order valence-corrected chi connectivity index (χ2v) is 13.8. The van der Waals surface area contributed by atoms with Crippen LogP contribution in [0.15, 0.2) is 60.7 Å². The van der Waals surface area contributed by atoms with Gasteiger partial charge in [0.2, 0.25) is 0 Å². The lowest BCUT2D eigenvalue weighted by Gasteiger charge is -2.37. The van der Waals surface area contributed by atoms with E-state index in [0.717, 1.165) is 11.1 Å². The molecule has 0 bridgehead atoms. The summed E-state index contributed by atoms with van der Waals surface area (Å²) >= 11 is 0. The number of halogens is 1. The van der Waals surface area contributed by atoms with Crippen LogP contribution in [0.25, 0.3) is 0 Å². The predicted molar refractivity (Wildman–Crippen MR) is 143 cm³/mol. The van der Waals surface area contributed by atoms with Crippen LogP contribution in [-0.2, 0) is 21.6 Å². The highest BCUT2D eigenvalue weighted by atomic mass is 32.3. The third kappa shape index (κ3) is 7.29. The molecule has 36 heavy (non-hydrogen) atoms. The van der Waals surface area contributed by atoms with E-state index in [0.29, 0.717) is 5.69 Å². The third-order valence-corrected chi connectivity index (χ3v) is 6.04. The molecule has 0 radical (unpaired) electrons. The molecule has 0 spiro atoms. The van der Waals surface area contributed by atoms with Gasteiger partial charge < -0.3 is 14.8 Å². The number of hydrogen-bond donors (Lipinski definition) is 3. The lowest BCUT2D eigenvalue weighted by Crippen LogP contribution is -2.37. The number of rotatable bonds is 8. The van der Waals surface area contributed by atoms with Gasteiger partial charge in [-0.05, 0) is 46.9 Å². The summed E-state index contributed by atoms with van der Waals surface area (Å²) in [4.78, 5) is 13.2. The van der Waals surface area contributed by atoms with Gasteiger partial charge in [0.1, 0.15) is 6.61 Å². The van der Waals surface area contributed by atoms with Gasteiger partial charge in [0, 0.05) is 18.1 Å². The zero-order valence-corrected chi connectivity index (χ0v) is 22.2. The van der Waals surface area contributed by atoms with Crippen molar-refractivity contribution in [3.63, 3.8) is 0 Å². The second kappa shape index (κ2) is 9.91. The SMILES string of the molecule is COc1c(NC(=O)c2ccc(F)c(OCc3ccccc3)c2)cc(C(C)(C)C)cc1NS(C)(C)(=O)O. The van der Waals surface area contributed by atoms with E-state index in [1.165, 1.54) is 37.8 Å². The Kier molecular flexibility index (Phi) is 7.48. The Morgan fingerprint density at radius 3 is 2.25 bits per heavy atom. The lowest BCUT2D eigenvalue weighted by atomic mass is 9.86. The summed E-state index contributed by atoms with van der Waals surface area (Å²) in [6.45, 7) is 6.08. The van der Waals surface area contributed by atoms with Crippen LogP contribution in [0.2, 0.25) is 0 Å². The van der Waals surface area contributed by atoms with E-state index in [2.05, 4.69) is 10.0 Å². The number of benzene rings is 3. The largest absolute Gasteiger partial charge is 0.492 e. The van der Waals surface area contributed by atoms with Crippen LogP contribution in [0.1, 0.15) is 42.3 Å². The van der Waals surface area contributed by atoms with Crippen molar-refractivity contribution in [2.45, 2.75) is 32.8 Å². The number of anilines is 2. The molecule has 3 aromatic rings. The molecule has 0 aliphatic carbocycles. The van der Waals surface area contributed by atoms with Gasteiger partial charge in [0.05, 0.1) is 18.5 Å². The van der Waals surface area contributed by atoms with Crippen LogP contribution in [0.5, 0.6) is 11.5 Å². The maximum absolute atomic E-state index is 14.4. The van der Waals surface area contributed by atoms with E-state index in [9.17, 15) is 17.9 Å². The molecule has 3 aromatic carbocycles. The van der Waals surface area contributed by atoms with E-state index in [-0.39, 0.29) is 34.8 Å². The Bertz CT molecular complexity index is 1320. The van der Waals surface area contributed by atoms with E-state index in [1.54, 1.807) is 12.1 Å². The van der Waals surface area contributed by atoms with Gasteiger partial charge in [0.25, 0.3) is 5.91 Å². The molecule has 0 aromatic heterocycles. The number of carbonyl (C=O) groups excluding carboxylic acids is 1. The summed E-state index contributed by atoms with van der Waals surface area (Å²) in [6.07, 6.45) is 2.38. The summed E-state index contributed by atoms with van der Waals surface area (Å²) in [6, 6.07) is 16.6. The molecule has 0 saturated carbocycles. The summed E-state index contributed by atoms with van der Waals surface area (Å²) in [5.74, 6) is -0.972. The first-order chi connectivity index (χ1) is 16.6. The molecular formula is C27H33FN2O5S. The minimum atomic E-state index is -4.17. The highest BCUT2D eigenvalue weighted by Crippen LogP contribution is 2.40. The van der Waals surface area contributed by atoms with Gasteiger partial charge in [-0.3, -0.25) is 14.1 Å². The standard InChI is InChI=1S/C27H33FN2O5S/c1-27(2,3)20-15-22(25(34-4)23(16-20)30-36(5,6,32)33)29-26(31)19-12-13-21(28)24(14-19)35-17-18-10-8-7-9-11-18/h7-16H,17H2,1-6H3,(H,29,31)(H2,30,32,33). The number of ether oxygens (including phenoxy) is 2. The molecule has 0 aliphatic rings. The van der Waals surface area contributed by atoms with Crippen molar-refractivity contribution in [2.24, 2.45) is 0 Å². The predicted octanol–water partition coefficient (Wildman–Crippen LogP) is 5.84. The Hall–Kier alpha value is -3.43. The Morgan fingerprint density at radius 1 is 1.03 bits per heavy atom. The van der Waals surface area contributed by atoms with Gasteiger partial charge in [-0.15, -0.1) is 9.53 Å². The molecule has 194 valence electrons. The molecule has 0 heterocycles. The van der Waals surface area contributed by atoms with Crippen molar-refractivity contribution in [2.75, 3.05) is 29.7 Å². The van der Waals surface area contributed by atoms with Crippen molar-refractivity contribution in [1.82, 2.24) is 0 Å². The van der Waals surface area contributed by atoms with E-state index in [4.69, 9.17) is 9.47 Å². The van der Waals surface area contributed by atoms with E-state index in [1.807, 2.05) is 51.1 Å². The minimum absolute atomic E-state index is 0.0516. The van der Waals surface area contributed by atoms with Gasteiger partial charge in [-0.1, -0.05) is 51.1 Å². The molecule has 3 N–H and O–H groups in total. The first kappa shape index (κ1) is 27.2. The number of carbonyl (C=O) groups is 1. The van der Waals surface area contributed by atoms with Crippen molar-refractivity contribution in [3.05, 3.63) is 83.2 Å². The number of methoxy groups -OCH3 is 1. The Labute approximate surface area is 211 Å². The number of nitrogens with one attached hydrogen (secondary N) is 2. The molecule has 0 saturated heterocycles. The smallest absolute Gasteiger partial charge is 0.255 e. The molecule has 7 nitrogen and oxygen atoms in total. The molecular weight excluding hydrogens is 483 g/mol. The summed E-state index contributed by atoms with van der Waals surface area (Å²) in [5, 5.41) is 2.80. The van der Waals surface area contributed by atoms with Crippen LogP contribution >= 0.6 is 0 Å². The fourth-order valence-electron chi connectivity index (χ4n) is 3.45. The van der Waals surface area contributed by atoms with Crippen LogP contribution in [0.3, 0.4) is 0 Å². The van der Waals surface area contributed by atoms with Crippen molar-refractivity contribution in [3.8, 4) is 11.5 Å². The normalized spacial score (nSPS) is 12.8. The van der Waals surface area contributed by atoms with Gasteiger partial charge in [-0.25, -0.2) is 4.39 Å². The molecule has 0 atom stereocenters.